The number of rotatable bonds is 4. The van der Waals surface area contributed by atoms with Crippen LogP contribution in [-0.2, 0) is 19.1 Å². The molecule has 0 unspecified atom stereocenters. The number of nitrogens with one attached hydrogen (secondary N) is 1. The van der Waals surface area contributed by atoms with Crippen molar-refractivity contribution in [2.45, 2.75) is 13.3 Å². The number of para-hydroxylation sites is 2. The maximum atomic E-state index is 13.9. The summed E-state index contributed by atoms with van der Waals surface area (Å²) in [5, 5.41) is 2.46. The number of carbonyl (C=O) groups excluding carboxylic acids is 3. The van der Waals surface area contributed by atoms with Crippen molar-refractivity contribution in [2.75, 3.05) is 17.3 Å². The Morgan fingerprint density at radius 2 is 1.75 bits per heavy atom. The fourth-order valence-electron chi connectivity index (χ4n) is 3.25. The standard InChI is InChI=1S/C21H19FN2O4/c1-13-19(21(27)28-2)15(20(26)23-17-11-7-6-10-16(17)22)12-18(25)24(13)14-8-4-3-5-9-14/h3-11,15H,12H2,1-2H3,(H,23,26)/t15-/m0/s1. The largest absolute Gasteiger partial charge is 0.466 e. The van der Waals surface area contributed by atoms with Gasteiger partial charge in [0.15, 0.2) is 0 Å². The third-order valence-corrected chi connectivity index (χ3v) is 4.57. The number of benzene rings is 2. The molecular formula is C21H19FN2O4. The van der Waals surface area contributed by atoms with Crippen molar-refractivity contribution >= 4 is 29.2 Å². The lowest BCUT2D eigenvalue weighted by atomic mass is 9.88. The number of carbonyl (C=O) groups is 3. The SMILES string of the molecule is COC(=O)C1=C(C)N(c2ccccc2)C(=O)C[C@@H]1C(=O)Nc1ccccc1F. The van der Waals surface area contributed by atoms with Crippen LogP contribution in [0.3, 0.4) is 0 Å². The van der Waals surface area contributed by atoms with Crippen LogP contribution in [0.4, 0.5) is 15.8 Å². The van der Waals surface area contributed by atoms with Crippen LogP contribution >= 0.6 is 0 Å². The van der Waals surface area contributed by atoms with Gasteiger partial charge in [0.2, 0.25) is 11.8 Å². The third kappa shape index (κ3) is 3.64. The Hall–Kier alpha value is -3.48. The number of anilines is 2. The monoisotopic (exact) mass is 382 g/mol. The van der Waals surface area contributed by atoms with Gasteiger partial charge in [-0.3, -0.25) is 14.5 Å². The molecule has 0 spiro atoms. The number of amides is 2. The van der Waals surface area contributed by atoms with Crippen molar-refractivity contribution in [2.24, 2.45) is 5.92 Å². The summed E-state index contributed by atoms with van der Waals surface area (Å²) in [6, 6.07) is 14.5. The minimum atomic E-state index is -1.08. The zero-order valence-corrected chi connectivity index (χ0v) is 15.4. The van der Waals surface area contributed by atoms with E-state index in [0.717, 1.165) is 0 Å². The van der Waals surface area contributed by atoms with Gasteiger partial charge in [-0.25, -0.2) is 9.18 Å². The fraction of sp³-hybridized carbons (Fsp3) is 0.190. The van der Waals surface area contributed by atoms with Crippen LogP contribution in [0.25, 0.3) is 0 Å². The molecule has 0 saturated heterocycles. The first-order chi connectivity index (χ1) is 13.4. The maximum Gasteiger partial charge on any atom is 0.336 e. The first-order valence-corrected chi connectivity index (χ1v) is 8.66. The van der Waals surface area contributed by atoms with Crippen LogP contribution in [0.1, 0.15) is 13.3 Å². The fourth-order valence-corrected chi connectivity index (χ4v) is 3.25. The van der Waals surface area contributed by atoms with E-state index < -0.39 is 23.6 Å². The highest BCUT2D eigenvalue weighted by Gasteiger charge is 2.40. The molecule has 0 radical (unpaired) electrons. The highest BCUT2D eigenvalue weighted by atomic mass is 19.1. The summed E-state index contributed by atoms with van der Waals surface area (Å²) in [4.78, 5) is 39.4. The molecule has 1 heterocycles. The molecule has 2 amide bonds. The lowest BCUT2D eigenvalue weighted by Crippen LogP contribution is -2.43. The second kappa shape index (κ2) is 8.04. The molecule has 6 nitrogen and oxygen atoms in total. The summed E-state index contributed by atoms with van der Waals surface area (Å²) in [7, 11) is 1.21. The van der Waals surface area contributed by atoms with Gasteiger partial charge in [0, 0.05) is 17.8 Å². The normalized spacial score (nSPS) is 16.8. The van der Waals surface area contributed by atoms with Crippen LogP contribution in [0, 0.1) is 11.7 Å². The number of halogens is 1. The van der Waals surface area contributed by atoms with Gasteiger partial charge < -0.3 is 10.1 Å². The lowest BCUT2D eigenvalue weighted by molar-refractivity contribution is -0.138. The predicted molar refractivity (Wildman–Crippen MR) is 102 cm³/mol. The highest BCUT2D eigenvalue weighted by molar-refractivity contribution is 6.10. The molecule has 7 heteroatoms. The topological polar surface area (TPSA) is 75.7 Å². The van der Waals surface area contributed by atoms with E-state index in [1.165, 1.54) is 30.2 Å². The Balaban J connectivity index is 2.00. The van der Waals surface area contributed by atoms with Crippen LogP contribution < -0.4 is 10.2 Å². The Bertz CT molecular complexity index is 956. The Labute approximate surface area is 161 Å². The summed E-state index contributed by atoms with van der Waals surface area (Å²) >= 11 is 0. The van der Waals surface area contributed by atoms with E-state index in [1.54, 1.807) is 37.3 Å². The smallest absolute Gasteiger partial charge is 0.336 e. The molecule has 1 atom stereocenters. The van der Waals surface area contributed by atoms with Crippen molar-refractivity contribution in [3.8, 4) is 0 Å². The maximum absolute atomic E-state index is 13.9. The molecule has 144 valence electrons. The van der Waals surface area contributed by atoms with E-state index in [4.69, 9.17) is 4.74 Å². The Morgan fingerprint density at radius 3 is 2.39 bits per heavy atom. The predicted octanol–water partition coefficient (Wildman–Crippen LogP) is 3.26. The number of methoxy groups -OCH3 is 1. The molecule has 2 aromatic carbocycles. The molecule has 0 saturated carbocycles. The minimum Gasteiger partial charge on any atom is -0.466 e. The summed E-state index contributed by atoms with van der Waals surface area (Å²) in [6.45, 7) is 1.58. The van der Waals surface area contributed by atoms with Crippen molar-refractivity contribution in [1.82, 2.24) is 0 Å². The number of hydrogen-bond donors (Lipinski definition) is 1. The quantitative estimate of drug-likeness (QED) is 0.824. The molecule has 0 fully saturated rings. The van der Waals surface area contributed by atoms with Crippen molar-refractivity contribution in [3.05, 3.63) is 71.7 Å². The summed E-state index contributed by atoms with van der Waals surface area (Å²) in [5.41, 5.74) is 0.939. The third-order valence-electron chi connectivity index (χ3n) is 4.57. The molecule has 1 aliphatic rings. The van der Waals surface area contributed by atoms with Gasteiger partial charge in [-0.1, -0.05) is 30.3 Å². The number of hydrogen-bond acceptors (Lipinski definition) is 4. The van der Waals surface area contributed by atoms with E-state index >= 15 is 0 Å². The summed E-state index contributed by atoms with van der Waals surface area (Å²) < 4.78 is 18.7. The van der Waals surface area contributed by atoms with E-state index in [9.17, 15) is 18.8 Å². The zero-order valence-electron chi connectivity index (χ0n) is 15.4. The first-order valence-electron chi connectivity index (χ1n) is 8.66. The minimum absolute atomic E-state index is 0.0210. The summed E-state index contributed by atoms with van der Waals surface area (Å²) in [6.07, 6.45) is -0.239. The van der Waals surface area contributed by atoms with Gasteiger partial charge in [-0.2, -0.15) is 0 Å². The van der Waals surface area contributed by atoms with Gasteiger partial charge in [0.1, 0.15) is 5.82 Å². The molecule has 0 aromatic heterocycles. The lowest BCUT2D eigenvalue weighted by Gasteiger charge is -2.33. The van der Waals surface area contributed by atoms with Crippen molar-refractivity contribution in [1.29, 1.82) is 0 Å². The molecule has 0 bridgehead atoms. The van der Waals surface area contributed by atoms with Gasteiger partial charge in [0.05, 0.1) is 24.3 Å². The average molecular weight is 382 g/mol. The van der Waals surface area contributed by atoms with E-state index in [-0.39, 0.29) is 23.6 Å². The van der Waals surface area contributed by atoms with Gasteiger partial charge in [0.25, 0.3) is 0 Å². The van der Waals surface area contributed by atoms with Gasteiger partial charge >= 0.3 is 5.97 Å². The molecule has 1 N–H and O–H groups in total. The molecule has 28 heavy (non-hydrogen) atoms. The number of ether oxygens (including phenoxy) is 1. The second-order valence-corrected chi connectivity index (χ2v) is 6.28. The molecule has 2 aromatic rings. The summed E-state index contributed by atoms with van der Waals surface area (Å²) in [5.74, 6) is -3.39. The highest BCUT2D eigenvalue weighted by Crippen LogP contribution is 2.34. The number of allylic oxidation sites excluding steroid dienone is 1. The second-order valence-electron chi connectivity index (χ2n) is 6.28. The zero-order chi connectivity index (χ0) is 20.3. The van der Waals surface area contributed by atoms with Crippen molar-refractivity contribution in [3.63, 3.8) is 0 Å². The van der Waals surface area contributed by atoms with Crippen LogP contribution in [-0.4, -0.2) is 24.9 Å². The van der Waals surface area contributed by atoms with Crippen LogP contribution in [0.15, 0.2) is 65.9 Å². The first kappa shape index (κ1) is 19.3. The van der Waals surface area contributed by atoms with Crippen molar-refractivity contribution < 1.29 is 23.5 Å². The van der Waals surface area contributed by atoms with Gasteiger partial charge in [-0.05, 0) is 31.2 Å². The van der Waals surface area contributed by atoms with E-state index in [0.29, 0.717) is 11.4 Å². The Kier molecular flexibility index (Phi) is 5.54. The van der Waals surface area contributed by atoms with Gasteiger partial charge in [-0.15, -0.1) is 0 Å². The molecule has 0 aliphatic carbocycles. The van der Waals surface area contributed by atoms with E-state index in [2.05, 4.69) is 5.32 Å². The van der Waals surface area contributed by atoms with Crippen LogP contribution in [0.2, 0.25) is 0 Å². The molecular weight excluding hydrogens is 363 g/mol. The van der Waals surface area contributed by atoms with E-state index in [1.807, 2.05) is 6.07 Å². The molecule has 1 aliphatic heterocycles. The Morgan fingerprint density at radius 1 is 1.11 bits per heavy atom. The average Bonchev–Trinajstić information content (AvgIpc) is 2.69. The number of nitrogens with zero attached hydrogens (tertiary/aromatic N) is 1. The molecule has 3 rings (SSSR count). The van der Waals surface area contributed by atoms with Crippen LogP contribution in [0.5, 0.6) is 0 Å². The number of esters is 1.